The van der Waals surface area contributed by atoms with Crippen molar-refractivity contribution in [3.8, 4) is 0 Å². The number of likely N-dealkylation sites (N-methyl/N-ethyl adjacent to an activating group) is 1. The lowest BCUT2D eigenvalue weighted by molar-refractivity contribution is -0.114. The number of para-hydroxylation sites is 3. The van der Waals surface area contributed by atoms with E-state index in [1.54, 1.807) is 28.4 Å². The van der Waals surface area contributed by atoms with Gasteiger partial charge in [0.1, 0.15) is 5.01 Å². The molecule has 1 aliphatic rings. The van der Waals surface area contributed by atoms with E-state index in [4.69, 9.17) is 9.97 Å². The van der Waals surface area contributed by atoms with Crippen molar-refractivity contribution in [1.82, 2.24) is 15.0 Å². The average Bonchev–Trinajstić information content (AvgIpc) is 3.14. The number of rotatable bonds is 2. The fourth-order valence-corrected chi connectivity index (χ4v) is 4.16. The van der Waals surface area contributed by atoms with Gasteiger partial charge in [0, 0.05) is 26.2 Å². The predicted octanol–water partition coefficient (Wildman–Crippen LogP) is 3.74. The molecule has 0 spiro atoms. The van der Waals surface area contributed by atoms with E-state index >= 15 is 0 Å². The van der Waals surface area contributed by atoms with Crippen LogP contribution in [-0.4, -0.2) is 41.0 Å². The van der Waals surface area contributed by atoms with E-state index in [2.05, 4.69) is 4.98 Å². The Labute approximate surface area is 165 Å². The molecule has 138 valence electrons. The fourth-order valence-electron chi connectivity index (χ4n) is 3.29. The van der Waals surface area contributed by atoms with Crippen LogP contribution in [0.15, 0.2) is 54.6 Å². The quantitative estimate of drug-likeness (QED) is 0.491. The molecule has 2 aromatic heterocycles. The Kier molecular flexibility index (Phi) is 4.02. The highest BCUT2D eigenvalue weighted by Crippen LogP contribution is 2.31. The van der Waals surface area contributed by atoms with Gasteiger partial charge in [-0.05, 0) is 30.3 Å². The average molecular weight is 387 g/mol. The van der Waals surface area contributed by atoms with Crippen molar-refractivity contribution in [2.45, 2.75) is 0 Å². The largest absolute Gasteiger partial charge is 0.355 e. The van der Waals surface area contributed by atoms with Crippen LogP contribution in [0.3, 0.4) is 0 Å². The summed E-state index contributed by atoms with van der Waals surface area (Å²) in [5, 5.41) is 0.813. The Morgan fingerprint density at radius 2 is 1.61 bits per heavy atom. The second kappa shape index (κ2) is 6.69. The highest BCUT2D eigenvalue weighted by Gasteiger charge is 2.27. The zero-order valence-electron chi connectivity index (χ0n) is 15.2. The number of anilines is 2. The smallest absolute Gasteiger partial charge is 0.252 e. The normalized spacial score (nSPS) is 14.2. The van der Waals surface area contributed by atoms with Crippen molar-refractivity contribution >= 4 is 56.2 Å². The second-order valence-corrected chi connectivity index (χ2v) is 7.69. The summed E-state index contributed by atoms with van der Waals surface area (Å²) in [5.74, 6) is 1.22. The van der Waals surface area contributed by atoms with Crippen LogP contribution in [-0.2, 0) is 4.79 Å². The minimum atomic E-state index is -0.113. The molecule has 0 saturated carbocycles. The summed E-state index contributed by atoms with van der Waals surface area (Å²) in [6.45, 7) is 1.28. The number of carbonyl (C=O) groups excluding carboxylic acids is 1. The summed E-state index contributed by atoms with van der Waals surface area (Å²) >= 11 is 1.57. The lowest BCUT2D eigenvalue weighted by Gasteiger charge is -2.33. The van der Waals surface area contributed by atoms with Crippen LogP contribution < -0.4 is 9.80 Å². The third-order valence-corrected chi connectivity index (χ3v) is 5.76. The Balaban J connectivity index is 1.48. The van der Waals surface area contributed by atoms with Crippen LogP contribution in [0.4, 0.5) is 11.6 Å². The number of amides is 1. The highest BCUT2D eigenvalue weighted by atomic mass is 32.1. The molecule has 5 rings (SSSR count). The van der Waals surface area contributed by atoms with Gasteiger partial charge in [-0.1, -0.05) is 24.3 Å². The molecule has 0 fully saturated rings. The highest BCUT2D eigenvalue weighted by molar-refractivity contribution is 7.19. The van der Waals surface area contributed by atoms with E-state index in [9.17, 15) is 4.79 Å². The maximum absolute atomic E-state index is 12.9. The van der Waals surface area contributed by atoms with Gasteiger partial charge < -0.3 is 4.90 Å². The van der Waals surface area contributed by atoms with Gasteiger partial charge in [0.25, 0.3) is 5.91 Å². The SMILES string of the molecule is CN1CCN(C(=O)/C=C/c2nc3ccccc3s2)c2nc3ccccc3nc21. The first kappa shape index (κ1) is 16.8. The molecule has 0 aliphatic carbocycles. The zero-order valence-corrected chi connectivity index (χ0v) is 16.1. The molecule has 3 heterocycles. The van der Waals surface area contributed by atoms with Gasteiger partial charge >= 0.3 is 0 Å². The van der Waals surface area contributed by atoms with Gasteiger partial charge in [0.15, 0.2) is 11.6 Å². The minimum Gasteiger partial charge on any atom is -0.355 e. The Hall–Kier alpha value is -3.32. The molecule has 28 heavy (non-hydrogen) atoms. The second-order valence-electron chi connectivity index (χ2n) is 6.62. The van der Waals surface area contributed by atoms with E-state index in [0.29, 0.717) is 18.9 Å². The van der Waals surface area contributed by atoms with Gasteiger partial charge in [-0.15, -0.1) is 11.3 Å². The standard InChI is InChI=1S/C21H17N5OS/c1-25-12-13-26(21-20(25)23-14-6-2-3-7-15(14)24-21)19(27)11-10-18-22-16-8-4-5-9-17(16)28-18/h2-11H,12-13H2,1H3/b11-10+. The lowest BCUT2D eigenvalue weighted by atomic mass is 10.2. The van der Waals surface area contributed by atoms with Crippen LogP contribution >= 0.6 is 11.3 Å². The number of hydrogen-bond acceptors (Lipinski definition) is 6. The molecule has 1 amide bonds. The molecule has 6 nitrogen and oxygen atoms in total. The van der Waals surface area contributed by atoms with Crippen LogP contribution in [0.5, 0.6) is 0 Å². The van der Waals surface area contributed by atoms with E-state index < -0.39 is 0 Å². The summed E-state index contributed by atoms with van der Waals surface area (Å²) in [4.78, 5) is 30.6. The maximum atomic E-state index is 12.9. The van der Waals surface area contributed by atoms with Crippen LogP contribution in [0, 0.1) is 0 Å². The molecule has 0 radical (unpaired) electrons. The number of thiazole rings is 1. The van der Waals surface area contributed by atoms with Gasteiger partial charge in [0.05, 0.1) is 21.3 Å². The third kappa shape index (κ3) is 2.90. The van der Waals surface area contributed by atoms with E-state index in [1.165, 1.54) is 0 Å². The first-order valence-corrected chi connectivity index (χ1v) is 9.84. The summed E-state index contributed by atoms with van der Waals surface area (Å²) in [5.41, 5.74) is 2.55. The molecule has 0 atom stereocenters. The summed E-state index contributed by atoms with van der Waals surface area (Å²) < 4.78 is 1.11. The number of carbonyl (C=O) groups is 1. The molecule has 0 unspecified atom stereocenters. The molecule has 4 aromatic rings. The third-order valence-electron chi connectivity index (χ3n) is 4.76. The summed E-state index contributed by atoms with van der Waals surface area (Å²) in [6, 6.07) is 15.7. The zero-order chi connectivity index (χ0) is 19.1. The topological polar surface area (TPSA) is 62.2 Å². The van der Waals surface area contributed by atoms with Crippen LogP contribution in [0.1, 0.15) is 5.01 Å². The van der Waals surface area contributed by atoms with Gasteiger partial charge in [-0.25, -0.2) is 15.0 Å². The number of hydrogen-bond donors (Lipinski definition) is 0. The molecular weight excluding hydrogens is 370 g/mol. The van der Waals surface area contributed by atoms with Crippen LogP contribution in [0.2, 0.25) is 0 Å². The fraction of sp³-hybridized carbons (Fsp3) is 0.143. The van der Waals surface area contributed by atoms with E-state index in [-0.39, 0.29) is 5.91 Å². The summed E-state index contributed by atoms with van der Waals surface area (Å²) in [7, 11) is 1.97. The van der Waals surface area contributed by atoms with Gasteiger partial charge in [0.2, 0.25) is 0 Å². The predicted molar refractivity (Wildman–Crippen MR) is 114 cm³/mol. The molecule has 7 heteroatoms. The first-order valence-electron chi connectivity index (χ1n) is 9.02. The minimum absolute atomic E-state index is 0.113. The number of aromatic nitrogens is 3. The van der Waals surface area contributed by atoms with E-state index in [1.807, 2.05) is 60.5 Å². The first-order chi connectivity index (χ1) is 13.7. The summed E-state index contributed by atoms with van der Waals surface area (Å²) in [6.07, 6.45) is 3.35. The monoisotopic (exact) mass is 387 g/mol. The number of nitrogens with zero attached hydrogens (tertiary/aromatic N) is 5. The molecule has 1 aliphatic heterocycles. The van der Waals surface area contributed by atoms with Gasteiger partial charge in [-0.2, -0.15) is 0 Å². The van der Waals surface area contributed by atoms with E-state index in [0.717, 1.165) is 32.1 Å². The van der Waals surface area contributed by atoms with Crippen molar-refractivity contribution in [3.05, 3.63) is 59.6 Å². The lowest BCUT2D eigenvalue weighted by Crippen LogP contribution is -2.43. The van der Waals surface area contributed by atoms with Crippen LogP contribution in [0.25, 0.3) is 27.3 Å². The van der Waals surface area contributed by atoms with Crippen molar-refractivity contribution in [3.63, 3.8) is 0 Å². The van der Waals surface area contributed by atoms with Gasteiger partial charge in [-0.3, -0.25) is 9.69 Å². The number of benzene rings is 2. The molecule has 0 N–H and O–H groups in total. The molecule has 2 aromatic carbocycles. The van der Waals surface area contributed by atoms with Crippen molar-refractivity contribution < 1.29 is 4.79 Å². The maximum Gasteiger partial charge on any atom is 0.252 e. The number of fused-ring (bicyclic) bond motifs is 3. The Bertz CT molecular complexity index is 1200. The van der Waals surface area contributed by atoms with Crippen molar-refractivity contribution in [2.75, 3.05) is 29.9 Å². The van der Waals surface area contributed by atoms with Crippen molar-refractivity contribution in [1.29, 1.82) is 0 Å². The van der Waals surface area contributed by atoms with Crippen molar-refractivity contribution in [2.24, 2.45) is 0 Å². The molecule has 0 bridgehead atoms. The molecule has 0 saturated heterocycles. The molecular formula is C21H17N5OS. The Morgan fingerprint density at radius 3 is 2.36 bits per heavy atom. The Morgan fingerprint density at radius 1 is 0.929 bits per heavy atom.